The van der Waals surface area contributed by atoms with Gasteiger partial charge in [-0.3, -0.25) is 4.79 Å². The Kier molecular flexibility index (Phi) is 6.83. The predicted octanol–water partition coefficient (Wildman–Crippen LogP) is 4.47. The van der Waals surface area contributed by atoms with Gasteiger partial charge in [-0.25, -0.2) is 8.42 Å². The number of piperidine rings is 1. The SMILES string of the molecule is Cc1sc(-c2noc(C3CCC3)n2)cc1S(=O)(=O)N1CCC(C(=O)NC2CCC(C)CC2)CC1. The van der Waals surface area contributed by atoms with Crippen LogP contribution in [0.25, 0.3) is 10.7 Å². The van der Waals surface area contributed by atoms with Crippen molar-refractivity contribution < 1.29 is 17.7 Å². The molecule has 0 radical (unpaired) electrons. The molecule has 10 heteroatoms. The van der Waals surface area contributed by atoms with Crippen LogP contribution in [-0.4, -0.2) is 47.9 Å². The molecule has 0 spiro atoms. The topological polar surface area (TPSA) is 105 Å². The molecule has 0 atom stereocenters. The van der Waals surface area contributed by atoms with E-state index in [4.69, 9.17) is 4.52 Å². The van der Waals surface area contributed by atoms with E-state index in [1.54, 1.807) is 6.07 Å². The number of hydrogen-bond donors (Lipinski definition) is 1. The zero-order chi connectivity index (χ0) is 23.9. The summed E-state index contributed by atoms with van der Waals surface area (Å²) in [6.07, 6.45) is 8.84. The summed E-state index contributed by atoms with van der Waals surface area (Å²) in [6, 6.07) is 1.94. The van der Waals surface area contributed by atoms with Gasteiger partial charge in [0.05, 0.1) is 9.77 Å². The standard InChI is InChI=1S/C24H34N4O4S2/c1-15-6-8-19(9-7-15)25-23(29)17-10-12-28(13-11-17)34(30,31)21-14-20(33-16(21)2)22-26-24(32-27-22)18-4-3-5-18/h14-15,17-19H,3-13H2,1-2H3,(H,25,29). The summed E-state index contributed by atoms with van der Waals surface area (Å²) in [5.74, 6) is 2.17. The summed E-state index contributed by atoms with van der Waals surface area (Å²) in [5, 5.41) is 7.31. The average molecular weight is 507 g/mol. The fraction of sp³-hybridized carbons (Fsp3) is 0.708. The van der Waals surface area contributed by atoms with Gasteiger partial charge in [0, 0.05) is 35.8 Å². The van der Waals surface area contributed by atoms with Gasteiger partial charge in [0.15, 0.2) is 0 Å². The van der Waals surface area contributed by atoms with E-state index in [0.29, 0.717) is 53.3 Å². The lowest BCUT2D eigenvalue weighted by Gasteiger charge is -2.32. The zero-order valence-corrected chi connectivity index (χ0v) is 21.6. The Bertz CT molecular complexity index is 1120. The first kappa shape index (κ1) is 23.9. The lowest BCUT2D eigenvalue weighted by atomic mass is 9.85. The van der Waals surface area contributed by atoms with Crippen LogP contribution >= 0.6 is 11.3 Å². The molecule has 3 heterocycles. The molecule has 2 aromatic rings. The van der Waals surface area contributed by atoms with Gasteiger partial charge in [-0.2, -0.15) is 9.29 Å². The number of carbonyl (C=O) groups excluding carboxylic acids is 1. The third-order valence-electron chi connectivity index (χ3n) is 7.79. The van der Waals surface area contributed by atoms with Gasteiger partial charge < -0.3 is 9.84 Å². The average Bonchev–Trinajstić information content (AvgIpc) is 3.41. The number of amides is 1. The highest BCUT2D eigenvalue weighted by Gasteiger charge is 2.35. The fourth-order valence-corrected chi connectivity index (χ4v) is 8.16. The van der Waals surface area contributed by atoms with E-state index < -0.39 is 10.0 Å². The second-order valence-corrected chi connectivity index (χ2v) is 13.4. The number of nitrogens with zero attached hydrogens (tertiary/aromatic N) is 3. The van der Waals surface area contributed by atoms with Crippen LogP contribution in [0.4, 0.5) is 0 Å². The van der Waals surface area contributed by atoms with Crippen LogP contribution in [-0.2, 0) is 14.8 Å². The van der Waals surface area contributed by atoms with Crippen LogP contribution in [0.2, 0.25) is 0 Å². The van der Waals surface area contributed by atoms with E-state index in [1.165, 1.54) is 22.1 Å². The molecule has 0 bridgehead atoms. The zero-order valence-electron chi connectivity index (χ0n) is 20.0. The fourth-order valence-electron chi connectivity index (χ4n) is 5.21. The third kappa shape index (κ3) is 4.81. The molecule has 34 heavy (non-hydrogen) atoms. The van der Waals surface area contributed by atoms with Crippen molar-refractivity contribution in [2.24, 2.45) is 11.8 Å². The number of sulfonamides is 1. The maximum absolute atomic E-state index is 13.4. The Hall–Kier alpha value is -1.78. The summed E-state index contributed by atoms with van der Waals surface area (Å²) in [7, 11) is -3.64. The van der Waals surface area contributed by atoms with Crippen LogP contribution < -0.4 is 5.32 Å². The van der Waals surface area contributed by atoms with Gasteiger partial charge in [-0.05, 0) is 70.3 Å². The number of carbonyl (C=O) groups is 1. The van der Waals surface area contributed by atoms with Crippen molar-refractivity contribution in [2.75, 3.05) is 13.1 Å². The molecule has 186 valence electrons. The molecule has 2 saturated carbocycles. The van der Waals surface area contributed by atoms with Crippen LogP contribution in [0, 0.1) is 18.8 Å². The minimum atomic E-state index is -3.64. The van der Waals surface area contributed by atoms with Crippen LogP contribution in [0.1, 0.15) is 81.4 Å². The molecular formula is C24H34N4O4S2. The summed E-state index contributed by atoms with van der Waals surface area (Å²) in [5.41, 5.74) is 0. The molecule has 1 N–H and O–H groups in total. The number of nitrogens with one attached hydrogen (secondary N) is 1. The van der Waals surface area contributed by atoms with Gasteiger partial charge in [-0.15, -0.1) is 11.3 Å². The summed E-state index contributed by atoms with van der Waals surface area (Å²) < 4.78 is 33.8. The molecule has 0 unspecified atom stereocenters. The second-order valence-electron chi connectivity index (χ2n) is 10.3. The maximum Gasteiger partial charge on any atom is 0.244 e. The molecule has 0 aromatic carbocycles. The minimum Gasteiger partial charge on any atom is -0.353 e. The highest BCUT2D eigenvalue weighted by molar-refractivity contribution is 7.89. The molecule has 1 saturated heterocycles. The quantitative estimate of drug-likeness (QED) is 0.620. The third-order valence-corrected chi connectivity index (χ3v) is 11.0. The summed E-state index contributed by atoms with van der Waals surface area (Å²) in [6.45, 7) is 4.81. The summed E-state index contributed by atoms with van der Waals surface area (Å²) >= 11 is 1.38. The minimum absolute atomic E-state index is 0.0879. The normalized spacial score (nSPS) is 25.2. The van der Waals surface area contributed by atoms with Crippen molar-refractivity contribution in [1.82, 2.24) is 19.8 Å². The van der Waals surface area contributed by atoms with E-state index in [9.17, 15) is 13.2 Å². The number of thiophene rings is 1. The number of hydrogen-bond acceptors (Lipinski definition) is 7. The van der Waals surface area contributed by atoms with Crippen LogP contribution in [0.3, 0.4) is 0 Å². The Balaban J connectivity index is 1.21. The predicted molar refractivity (Wildman–Crippen MR) is 130 cm³/mol. The lowest BCUT2D eigenvalue weighted by molar-refractivity contribution is -0.127. The van der Waals surface area contributed by atoms with Crippen molar-refractivity contribution in [2.45, 2.75) is 88.5 Å². The first-order valence-electron chi connectivity index (χ1n) is 12.6. The van der Waals surface area contributed by atoms with Crippen molar-refractivity contribution >= 4 is 27.3 Å². The van der Waals surface area contributed by atoms with Gasteiger partial charge in [0.1, 0.15) is 0 Å². The lowest BCUT2D eigenvalue weighted by Crippen LogP contribution is -2.46. The van der Waals surface area contributed by atoms with Crippen LogP contribution in [0.5, 0.6) is 0 Å². The smallest absolute Gasteiger partial charge is 0.244 e. The van der Waals surface area contributed by atoms with Crippen molar-refractivity contribution in [3.05, 3.63) is 16.8 Å². The molecule has 5 rings (SSSR count). The molecule has 3 aliphatic rings. The molecule has 1 aliphatic heterocycles. The van der Waals surface area contributed by atoms with E-state index >= 15 is 0 Å². The first-order chi connectivity index (χ1) is 16.3. The van der Waals surface area contributed by atoms with Gasteiger partial charge in [-0.1, -0.05) is 18.5 Å². The Morgan fingerprint density at radius 2 is 1.82 bits per heavy atom. The highest BCUT2D eigenvalue weighted by atomic mass is 32.2. The first-order valence-corrected chi connectivity index (χ1v) is 14.8. The van der Waals surface area contributed by atoms with E-state index in [-0.39, 0.29) is 17.9 Å². The van der Waals surface area contributed by atoms with Crippen molar-refractivity contribution in [3.8, 4) is 10.7 Å². The van der Waals surface area contributed by atoms with Gasteiger partial charge >= 0.3 is 0 Å². The summed E-state index contributed by atoms with van der Waals surface area (Å²) in [4.78, 5) is 19.0. The van der Waals surface area contributed by atoms with E-state index in [1.807, 2.05) is 6.92 Å². The Morgan fingerprint density at radius 3 is 2.47 bits per heavy atom. The van der Waals surface area contributed by atoms with Crippen LogP contribution in [0.15, 0.2) is 15.5 Å². The number of aromatic nitrogens is 2. The van der Waals surface area contributed by atoms with Gasteiger partial charge in [0.25, 0.3) is 0 Å². The molecule has 2 aromatic heterocycles. The Morgan fingerprint density at radius 1 is 1.12 bits per heavy atom. The van der Waals surface area contributed by atoms with E-state index in [2.05, 4.69) is 22.4 Å². The highest BCUT2D eigenvalue weighted by Crippen LogP contribution is 2.38. The van der Waals surface area contributed by atoms with Gasteiger partial charge in [0.2, 0.25) is 27.6 Å². The Labute approximate surface area is 205 Å². The number of aryl methyl sites for hydroxylation is 1. The monoisotopic (exact) mass is 506 g/mol. The molecular weight excluding hydrogens is 472 g/mol. The molecule has 1 amide bonds. The van der Waals surface area contributed by atoms with E-state index in [0.717, 1.165) is 49.3 Å². The van der Waals surface area contributed by atoms with Crippen molar-refractivity contribution in [1.29, 1.82) is 0 Å². The maximum atomic E-state index is 13.4. The number of rotatable bonds is 6. The second kappa shape index (κ2) is 9.70. The molecule has 3 fully saturated rings. The molecule has 2 aliphatic carbocycles. The largest absolute Gasteiger partial charge is 0.353 e. The van der Waals surface area contributed by atoms with Crippen molar-refractivity contribution in [3.63, 3.8) is 0 Å². The molecule has 8 nitrogen and oxygen atoms in total.